The number of ether oxygens (including phenoxy) is 1. The van der Waals surface area contributed by atoms with Gasteiger partial charge in [-0.1, -0.05) is 17.7 Å². The molecule has 0 aliphatic rings. The van der Waals surface area contributed by atoms with Crippen LogP contribution >= 0.6 is 11.6 Å². The van der Waals surface area contributed by atoms with Crippen LogP contribution in [0.3, 0.4) is 0 Å². The Morgan fingerprint density at radius 3 is 2.84 bits per heavy atom. The zero-order chi connectivity index (χ0) is 13.8. The lowest BCUT2D eigenvalue weighted by atomic mass is 10.2. The molecule has 0 fully saturated rings. The topological polar surface area (TPSA) is 55.0 Å². The van der Waals surface area contributed by atoms with Crippen LogP contribution in [0.5, 0.6) is 5.75 Å². The lowest BCUT2D eigenvalue weighted by Gasteiger charge is -2.08. The first-order valence-electron chi connectivity index (χ1n) is 5.59. The largest absolute Gasteiger partial charge is 0.484 e. The number of rotatable bonds is 4. The van der Waals surface area contributed by atoms with E-state index in [4.69, 9.17) is 21.6 Å². The Morgan fingerprint density at radius 1 is 1.42 bits per heavy atom. The lowest BCUT2D eigenvalue weighted by Crippen LogP contribution is -2.15. The molecule has 0 aliphatic heterocycles. The fourth-order valence-electron chi connectivity index (χ4n) is 1.70. The predicted octanol–water partition coefficient (Wildman–Crippen LogP) is 2.81. The summed E-state index contributed by atoms with van der Waals surface area (Å²) in [5.41, 5.74) is 0.796. The third kappa shape index (κ3) is 2.78. The van der Waals surface area contributed by atoms with E-state index in [9.17, 15) is 4.79 Å². The Labute approximate surface area is 115 Å². The number of nitrogens with zero attached hydrogens (tertiary/aromatic N) is 2. The maximum Gasteiger partial charge on any atom is 0.216 e. The summed E-state index contributed by atoms with van der Waals surface area (Å²) in [4.78, 5) is 11.9. The normalized spacial score (nSPS) is 9.95. The second-order valence-electron chi connectivity index (χ2n) is 3.94. The highest BCUT2D eigenvalue weighted by atomic mass is 35.5. The number of hydrogen-bond acceptors (Lipinski definition) is 3. The number of carbonyl (C=O) groups is 1. The van der Waals surface area contributed by atoms with Gasteiger partial charge in [0.25, 0.3) is 0 Å². The van der Waals surface area contributed by atoms with E-state index >= 15 is 0 Å². The van der Waals surface area contributed by atoms with Crippen molar-refractivity contribution in [2.45, 2.75) is 0 Å². The third-order valence-corrected chi connectivity index (χ3v) is 2.99. The van der Waals surface area contributed by atoms with Crippen molar-refractivity contribution in [1.29, 1.82) is 5.26 Å². The van der Waals surface area contributed by atoms with Crippen molar-refractivity contribution in [2.75, 3.05) is 6.61 Å². The van der Waals surface area contributed by atoms with Gasteiger partial charge in [0.05, 0.1) is 10.7 Å². The smallest absolute Gasteiger partial charge is 0.216 e. The standard InChI is InChI=1S/C14H11ClN2O2/c1-17-7-3-5-12(17)13(18)9-19-14-6-2-4-11(15)10(14)8-16/h2-7H,9H2,1H3. The monoisotopic (exact) mass is 274 g/mol. The molecule has 0 aliphatic carbocycles. The van der Waals surface area contributed by atoms with Gasteiger partial charge in [0, 0.05) is 13.2 Å². The molecule has 5 heteroatoms. The fourth-order valence-corrected chi connectivity index (χ4v) is 1.91. The van der Waals surface area contributed by atoms with Crippen LogP contribution in [0, 0.1) is 11.3 Å². The van der Waals surface area contributed by atoms with Gasteiger partial charge in [-0.05, 0) is 24.3 Å². The van der Waals surface area contributed by atoms with Gasteiger partial charge in [-0.25, -0.2) is 0 Å². The number of ketones is 1. The SMILES string of the molecule is Cn1cccc1C(=O)COc1cccc(Cl)c1C#N. The van der Waals surface area contributed by atoms with E-state index in [1.807, 2.05) is 6.07 Å². The summed E-state index contributed by atoms with van der Waals surface area (Å²) in [5.74, 6) is 0.161. The van der Waals surface area contributed by atoms with Crippen LogP contribution in [-0.4, -0.2) is 17.0 Å². The number of aryl methyl sites for hydroxylation is 1. The number of nitriles is 1. The quantitative estimate of drug-likeness (QED) is 0.806. The van der Waals surface area contributed by atoms with E-state index < -0.39 is 0 Å². The molecule has 0 N–H and O–H groups in total. The number of aromatic nitrogens is 1. The number of Topliss-reactive ketones (excluding diaryl/α,β-unsaturated/α-hetero) is 1. The van der Waals surface area contributed by atoms with Crippen molar-refractivity contribution in [3.63, 3.8) is 0 Å². The summed E-state index contributed by atoms with van der Waals surface area (Å²) in [6, 6.07) is 10.4. The summed E-state index contributed by atoms with van der Waals surface area (Å²) >= 11 is 5.88. The van der Waals surface area contributed by atoms with Crippen LogP contribution in [0.1, 0.15) is 16.1 Å². The Kier molecular flexibility index (Phi) is 3.88. The van der Waals surface area contributed by atoms with Gasteiger partial charge in [0.1, 0.15) is 17.4 Å². The Morgan fingerprint density at radius 2 is 2.21 bits per heavy atom. The van der Waals surface area contributed by atoms with Crippen LogP contribution in [0.15, 0.2) is 36.5 Å². The molecule has 4 nitrogen and oxygen atoms in total. The highest BCUT2D eigenvalue weighted by Crippen LogP contribution is 2.25. The van der Waals surface area contributed by atoms with Crippen LogP contribution in [-0.2, 0) is 7.05 Å². The molecule has 0 unspecified atom stereocenters. The fraction of sp³-hybridized carbons (Fsp3) is 0.143. The molecular weight excluding hydrogens is 264 g/mol. The van der Waals surface area contributed by atoms with Crippen molar-refractivity contribution in [2.24, 2.45) is 7.05 Å². The molecule has 0 saturated carbocycles. The van der Waals surface area contributed by atoms with E-state index in [1.54, 1.807) is 48.1 Å². The Hall–Kier alpha value is -2.25. The molecule has 19 heavy (non-hydrogen) atoms. The van der Waals surface area contributed by atoms with Crippen LogP contribution < -0.4 is 4.74 Å². The Bertz CT molecular complexity index is 656. The number of hydrogen-bond donors (Lipinski definition) is 0. The summed E-state index contributed by atoms with van der Waals surface area (Å²) in [7, 11) is 1.79. The molecule has 96 valence electrons. The van der Waals surface area contributed by atoms with Crippen LogP contribution in [0.4, 0.5) is 0 Å². The molecule has 0 radical (unpaired) electrons. The van der Waals surface area contributed by atoms with E-state index in [0.717, 1.165) is 0 Å². The number of carbonyl (C=O) groups excluding carboxylic acids is 1. The van der Waals surface area contributed by atoms with E-state index in [1.165, 1.54) is 0 Å². The molecule has 0 saturated heterocycles. The predicted molar refractivity (Wildman–Crippen MR) is 71.4 cm³/mol. The van der Waals surface area contributed by atoms with Crippen molar-refractivity contribution in [3.05, 3.63) is 52.8 Å². The average Bonchev–Trinajstić information content (AvgIpc) is 2.82. The molecule has 0 atom stereocenters. The van der Waals surface area contributed by atoms with E-state index in [0.29, 0.717) is 16.5 Å². The van der Waals surface area contributed by atoms with Crippen LogP contribution in [0.25, 0.3) is 0 Å². The summed E-state index contributed by atoms with van der Waals surface area (Å²) in [5, 5.41) is 9.30. The van der Waals surface area contributed by atoms with Crippen molar-refractivity contribution in [3.8, 4) is 11.8 Å². The minimum Gasteiger partial charge on any atom is -0.484 e. The third-order valence-electron chi connectivity index (χ3n) is 2.68. The van der Waals surface area contributed by atoms with Gasteiger partial charge in [-0.3, -0.25) is 4.79 Å². The lowest BCUT2D eigenvalue weighted by molar-refractivity contribution is 0.0913. The summed E-state index contributed by atoms with van der Waals surface area (Å²) in [6.07, 6.45) is 1.79. The van der Waals surface area contributed by atoms with Crippen LogP contribution in [0.2, 0.25) is 5.02 Å². The van der Waals surface area contributed by atoms with Crippen molar-refractivity contribution >= 4 is 17.4 Å². The summed E-state index contributed by atoms with van der Waals surface area (Å²) < 4.78 is 7.10. The Balaban J connectivity index is 2.12. The minimum atomic E-state index is -0.156. The van der Waals surface area contributed by atoms with E-state index in [-0.39, 0.29) is 18.0 Å². The molecule has 1 heterocycles. The molecule has 1 aromatic heterocycles. The average molecular weight is 275 g/mol. The second-order valence-corrected chi connectivity index (χ2v) is 4.35. The number of benzene rings is 1. The zero-order valence-electron chi connectivity index (χ0n) is 10.3. The minimum absolute atomic E-state index is 0.132. The van der Waals surface area contributed by atoms with Gasteiger partial charge in [0.2, 0.25) is 5.78 Å². The number of halogens is 1. The highest BCUT2D eigenvalue weighted by molar-refractivity contribution is 6.31. The maximum absolute atomic E-state index is 11.9. The second kappa shape index (κ2) is 5.59. The molecule has 0 amide bonds. The summed E-state index contributed by atoms with van der Waals surface area (Å²) in [6.45, 7) is -0.132. The first-order chi connectivity index (χ1) is 9.13. The van der Waals surface area contributed by atoms with E-state index in [2.05, 4.69) is 0 Å². The highest BCUT2D eigenvalue weighted by Gasteiger charge is 2.12. The molecule has 2 aromatic rings. The first kappa shape index (κ1) is 13.2. The molecule has 0 bridgehead atoms. The van der Waals surface area contributed by atoms with Gasteiger partial charge in [0.15, 0.2) is 6.61 Å². The molecule has 1 aromatic carbocycles. The van der Waals surface area contributed by atoms with Gasteiger partial charge >= 0.3 is 0 Å². The first-order valence-corrected chi connectivity index (χ1v) is 5.97. The molecule has 2 rings (SSSR count). The van der Waals surface area contributed by atoms with Gasteiger partial charge in [-0.15, -0.1) is 0 Å². The molecular formula is C14H11ClN2O2. The molecule has 0 spiro atoms. The van der Waals surface area contributed by atoms with Crippen molar-refractivity contribution in [1.82, 2.24) is 4.57 Å². The van der Waals surface area contributed by atoms with Gasteiger partial charge < -0.3 is 9.30 Å². The van der Waals surface area contributed by atoms with Crippen molar-refractivity contribution < 1.29 is 9.53 Å². The maximum atomic E-state index is 11.9. The van der Waals surface area contributed by atoms with Gasteiger partial charge in [-0.2, -0.15) is 5.26 Å². The zero-order valence-corrected chi connectivity index (χ0v) is 11.0.